The Hall–Kier alpha value is -11.9. The van der Waals surface area contributed by atoms with Crippen LogP contribution in [0.5, 0.6) is 69.0 Å². The highest BCUT2D eigenvalue weighted by atomic mass is 16.6. The molecule has 4 atom stereocenters. The van der Waals surface area contributed by atoms with Crippen molar-refractivity contribution in [1.82, 2.24) is 0 Å². The summed E-state index contributed by atoms with van der Waals surface area (Å²) in [6.45, 7) is 14.8. The van der Waals surface area contributed by atoms with Gasteiger partial charge in [0.15, 0.2) is 69.0 Å². The van der Waals surface area contributed by atoms with Gasteiger partial charge in [-0.25, -0.2) is 28.8 Å². The monoisotopic (exact) mass is 1490 g/mol. The summed E-state index contributed by atoms with van der Waals surface area (Å²) in [4.78, 5) is 67.7. The SMILES string of the molecule is CCC(O)COC(=O)C=Cc1ccc(O)c(OC)c1.CCCOC(=O)C=Cc1ccc(O)c(OC)c1.CCOC(=O)C=Cc1ccc(O)c(OC)c1.COc1cc(C=CC(=O)OC(C)C(C)O)ccc1O.COc1cc(C=CC(=O)OC(C)C)ccc1O.COc1cc(C=CC(=O)OCCC(C)O)ccc1O. The molecular weight excluding hydrogens is 1390 g/mol. The van der Waals surface area contributed by atoms with E-state index in [1.165, 1.54) is 116 Å². The lowest BCUT2D eigenvalue weighted by Gasteiger charge is -2.14. The van der Waals surface area contributed by atoms with Gasteiger partial charge in [0, 0.05) is 42.9 Å². The zero-order chi connectivity index (χ0) is 80.4. The van der Waals surface area contributed by atoms with Gasteiger partial charge in [-0.3, -0.25) is 0 Å². The third-order valence-electron chi connectivity index (χ3n) is 13.4. The van der Waals surface area contributed by atoms with E-state index < -0.39 is 54.3 Å². The number of carbonyl (C=O) groups excluding carboxylic acids is 6. The topological polar surface area (TPSA) is 395 Å². The largest absolute Gasteiger partial charge is 0.504 e. The average Bonchev–Trinajstić information content (AvgIpc) is 0.918. The number of phenols is 6. The molecule has 0 saturated heterocycles. The number of aromatic hydroxyl groups is 6. The van der Waals surface area contributed by atoms with E-state index in [1.54, 1.807) is 158 Å². The zero-order valence-electron chi connectivity index (χ0n) is 62.5. The molecule has 0 amide bonds. The fraction of sp³-hybridized carbons (Fsp3) is 0.325. The molecule has 6 rings (SSSR count). The van der Waals surface area contributed by atoms with E-state index in [0.29, 0.717) is 77.2 Å². The number of aliphatic hydroxyl groups is 3. The van der Waals surface area contributed by atoms with Crippen LogP contribution in [0, 0.1) is 0 Å². The molecule has 0 bridgehead atoms. The molecule has 27 nitrogen and oxygen atoms in total. The molecule has 0 saturated carbocycles. The first kappa shape index (κ1) is 93.1. The molecule has 0 aliphatic heterocycles. The number of benzene rings is 6. The number of hydrogen-bond acceptors (Lipinski definition) is 27. The first-order chi connectivity index (χ1) is 50.9. The van der Waals surface area contributed by atoms with Crippen molar-refractivity contribution >= 4 is 72.3 Å². The molecule has 0 heterocycles. The minimum absolute atomic E-state index is 0.0153. The number of esters is 6. The standard InChI is InChI=1S/3C14H18O5.2C13H16O4.C12H14O4/c1-9(15)10(2)19-14(17)7-5-11-4-6-12(16)13(8-11)18-3;1-10(15)7-8-19-14(17)6-4-11-3-5-12(16)13(9-11)18-2;1-3-11(15)9-19-14(17)7-5-10-4-6-12(16)13(8-10)18-2;1-9(2)17-13(15)7-5-10-4-6-11(14)12(8-10)16-3;1-3-8-17-13(15)7-5-10-4-6-11(14)12(9-10)16-2;1-3-16-12(14)7-5-9-4-6-10(13)11(8-9)15-2/h4-10,15-16H,1-3H3;3-6,9-10,15-16H,7-8H2,1-2H3;4-8,11,15-16H,3,9H2,1-2H3;4-9,14H,1-3H3;4-7,9,14H,3,8H2,1-2H3;4-8,13H,3H2,1-2H3. The molecule has 4 unspecified atom stereocenters. The Kier molecular flexibility index (Phi) is 46.0. The summed E-state index contributed by atoms with van der Waals surface area (Å²) in [5.74, 6) is -0.312. The second kappa shape index (κ2) is 52.9. The van der Waals surface area contributed by atoms with Gasteiger partial charge in [0.1, 0.15) is 12.7 Å². The second-order valence-corrected chi connectivity index (χ2v) is 22.4. The van der Waals surface area contributed by atoms with Gasteiger partial charge in [-0.1, -0.05) is 50.2 Å². The fourth-order valence-corrected chi connectivity index (χ4v) is 7.53. The van der Waals surface area contributed by atoms with Crippen molar-refractivity contribution in [2.24, 2.45) is 0 Å². The third kappa shape index (κ3) is 40.6. The summed E-state index contributed by atoms with van der Waals surface area (Å²) in [6, 6.07) is 28.6. The van der Waals surface area contributed by atoms with Gasteiger partial charge in [-0.15, -0.1) is 0 Å². The Morgan fingerprint density at radius 2 is 0.617 bits per heavy atom. The Labute approximate surface area is 623 Å². The minimum Gasteiger partial charge on any atom is -0.504 e. The van der Waals surface area contributed by atoms with Crippen LogP contribution in [0.1, 0.15) is 108 Å². The molecule has 0 fully saturated rings. The summed E-state index contributed by atoms with van der Waals surface area (Å²) in [5, 5.41) is 83.9. The summed E-state index contributed by atoms with van der Waals surface area (Å²) < 4.78 is 59.0. The Balaban J connectivity index is 0.000000643. The van der Waals surface area contributed by atoms with Crippen molar-refractivity contribution in [3.63, 3.8) is 0 Å². The van der Waals surface area contributed by atoms with Crippen LogP contribution in [0.25, 0.3) is 36.5 Å². The van der Waals surface area contributed by atoms with Crippen molar-refractivity contribution in [2.75, 3.05) is 69.1 Å². The number of aliphatic hydroxyl groups excluding tert-OH is 3. The Morgan fingerprint density at radius 3 is 0.860 bits per heavy atom. The number of ether oxygens (including phenoxy) is 12. The van der Waals surface area contributed by atoms with E-state index in [1.807, 2.05) is 6.92 Å². The molecule has 0 spiro atoms. The molecule has 107 heavy (non-hydrogen) atoms. The predicted octanol–water partition coefficient (Wildman–Crippen LogP) is 11.9. The first-order valence-corrected chi connectivity index (χ1v) is 33.3. The number of methoxy groups -OCH3 is 6. The third-order valence-corrected chi connectivity index (χ3v) is 13.4. The van der Waals surface area contributed by atoms with Gasteiger partial charge in [0.25, 0.3) is 0 Å². The van der Waals surface area contributed by atoms with Crippen molar-refractivity contribution in [2.45, 2.75) is 105 Å². The maximum Gasteiger partial charge on any atom is 0.331 e. The quantitative estimate of drug-likeness (QED) is 0.0115. The van der Waals surface area contributed by atoms with Crippen molar-refractivity contribution < 1.29 is 132 Å². The number of rotatable bonds is 30. The van der Waals surface area contributed by atoms with Crippen LogP contribution in [0.15, 0.2) is 146 Å². The van der Waals surface area contributed by atoms with E-state index in [0.717, 1.165) is 23.1 Å². The smallest absolute Gasteiger partial charge is 0.331 e. The lowest BCUT2D eigenvalue weighted by molar-refractivity contribution is -0.147. The van der Waals surface area contributed by atoms with Gasteiger partial charge >= 0.3 is 35.8 Å². The second-order valence-electron chi connectivity index (χ2n) is 22.4. The van der Waals surface area contributed by atoms with Crippen LogP contribution in [0.3, 0.4) is 0 Å². The molecule has 0 aromatic heterocycles. The fourth-order valence-electron chi connectivity index (χ4n) is 7.53. The molecule has 582 valence electrons. The Bertz CT molecular complexity index is 3880. The number of carbonyl (C=O) groups is 6. The number of hydrogen-bond donors (Lipinski definition) is 9. The van der Waals surface area contributed by atoms with Crippen molar-refractivity contribution in [3.8, 4) is 69.0 Å². The van der Waals surface area contributed by atoms with Gasteiger partial charge in [0.2, 0.25) is 0 Å². The maximum absolute atomic E-state index is 11.5. The molecule has 0 aliphatic rings. The highest BCUT2D eigenvalue weighted by molar-refractivity contribution is 5.90. The van der Waals surface area contributed by atoms with Gasteiger partial charge in [0.05, 0.1) is 86.9 Å². The Morgan fingerprint density at radius 1 is 0.355 bits per heavy atom. The summed E-state index contributed by atoms with van der Waals surface area (Å²) >= 11 is 0. The summed E-state index contributed by atoms with van der Waals surface area (Å²) in [5.41, 5.74) is 4.36. The van der Waals surface area contributed by atoms with Crippen LogP contribution < -0.4 is 28.4 Å². The molecular formula is C80H100O27. The first-order valence-electron chi connectivity index (χ1n) is 33.3. The van der Waals surface area contributed by atoms with E-state index in [2.05, 4.69) is 0 Å². The molecule has 0 radical (unpaired) electrons. The van der Waals surface area contributed by atoms with Gasteiger partial charge in [-0.05, 0) is 197 Å². The highest BCUT2D eigenvalue weighted by Gasteiger charge is 2.13. The van der Waals surface area contributed by atoms with Crippen LogP contribution in [-0.4, -0.2) is 181 Å². The normalized spacial score (nSPS) is 11.8. The van der Waals surface area contributed by atoms with Crippen molar-refractivity contribution in [1.29, 1.82) is 0 Å². The minimum atomic E-state index is -0.717. The van der Waals surface area contributed by atoms with E-state index in [4.69, 9.17) is 61.9 Å². The van der Waals surface area contributed by atoms with Crippen LogP contribution >= 0.6 is 0 Å². The van der Waals surface area contributed by atoms with Crippen molar-refractivity contribution in [3.05, 3.63) is 179 Å². The number of phenolic OH excluding ortho intramolecular Hbond substituents is 6. The van der Waals surface area contributed by atoms with E-state index >= 15 is 0 Å². The molecule has 27 heteroatoms. The van der Waals surface area contributed by atoms with Crippen LogP contribution in [0.4, 0.5) is 0 Å². The van der Waals surface area contributed by atoms with Crippen LogP contribution in [-0.2, 0) is 57.2 Å². The summed E-state index contributed by atoms with van der Waals surface area (Å²) in [7, 11) is 8.75. The lowest BCUT2D eigenvalue weighted by atomic mass is 10.2. The average molecular weight is 1490 g/mol. The zero-order valence-corrected chi connectivity index (χ0v) is 62.5. The summed E-state index contributed by atoms with van der Waals surface area (Å²) in [6.07, 6.45) is 16.5. The van der Waals surface area contributed by atoms with E-state index in [9.17, 15) is 69.6 Å². The lowest BCUT2D eigenvalue weighted by Crippen LogP contribution is -2.24. The van der Waals surface area contributed by atoms with Gasteiger partial charge in [-0.2, -0.15) is 0 Å². The maximum atomic E-state index is 11.5. The highest BCUT2D eigenvalue weighted by Crippen LogP contribution is 2.31. The van der Waals surface area contributed by atoms with E-state index in [-0.39, 0.29) is 59.8 Å². The molecule has 6 aromatic carbocycles. The predicted molar refractivity (Wildman–Crippen MR) is 403 cm³/mol. The van der Waals surface area contributed by atoms with Gasteiger partial charge < -0.3 is 103 Å². The molecule has 6 aromatic rings. The molecule has 9 N–H and O–H groups in total. The molecule has 0 aliphatic carbocycles. The van der Waals surface area contributed by atoms with Crippen LogP contribution in [0.2, 0.25) is 0 Å².